The van der Waals surface area contributed by atoms with Crippen LogP contribution in [0, 0.1) is 11.3 Å². The van der Waals surface area contributed by atoms with Crippen LogP contribution in [0.25, 0.3) is 0 Å². The van der Waals surface area contributed by atoms with Crippen LogP contribution in [-0.4, -0.2) is 44.9 Å². The quantitative estimate of drug-likeness (QED) is 0.790. The summed E-state index contributed by atoms with van der Waals surface area (Å²) >= 11 is 0. The molecule has 2 N–H and O–H groups in total. The molecule has 18 heavy (non-hydrogen) atoms. The van der Waals surface area contributed by atoms with Crippen molar-refractivity contribution in [3.8, 4) is 0 Å². The first-order chi connectivity index (χ1) is 8.46. The predicted octanol–water partition coefficient (Wildman–Crippen LogP) is 0.681. The molecule has 0 aromatic rings. The third-order valence-corrected chi connectivity index (χ3v) is 3.71. The maximum absolute atomic E-state index is 13.0. The average molecular weight is 266 g/mol. The first kappa shape index (κ1) is 13.6. The van der Waals surface area contributed by atoms with Gasteiger partial charge in [-0.2, -0.15) is 13.2 Å². The summed E-state index contributed by atoms with van der Waals surface area (Å²) in [5, 5.41) is 5.06. The smallest absolute Gasteiger partial charge is 0.381 e. The fourth-order valence-corrected chi connectivity index (χ4v) is 2.41. The monoisotopic (exact) mass is 266 g/mol. The number of halogens is 3. The van der Waals surface area contributed by atoms with Crippen LogP contribution in [0.2, 0.25) is 0 Å². The van der Waals surface area contributed by atoms with Gasteiger partial charge < -0.3 is 15.4 Å². The van der Waals surface area contributed by atoms with Gasteiger partial charge in [-0.05, 0) is 19.4 Å². The third kappa shape index (κ3) is 2.47. The lowest BCUT2D eigenvalue weighted by atomic mass is 9.85. The highest BCUT2D eigenvalue weighted by Gasteiger charge is 2.61. The number of amides is 1. The molecule has 0 bridgehead atoms. The second-order valence-corrected chi connectivity index (χ2v) is 4.95. The summed E-state index contributed by atoms with van der Waals surface area (Å²) in [5.41, 5.74) is -2.26. The summed E-state index contributed by atoms with van der Waals surface area (Å²) in [5.74, 6) is -0.777. The summed E-state index contributed by atoms with van der Waals surface area (Å²) in [4.78, 5) is 11.9. The minimum absolute atomic E-state index is 0.133. The van der Waals surface area contributed by atoms with E-state index in [0.29, 0.717) is 13.2 Å². The molecule has 4 nitrogen and oxygen atoms in total. The Morgan fingerprint density at radius 2 is 2.28 bits per heavy atom. The molecule has 2 atom stereocenters. The second kappa shape index (κ2) is 5.05. The first-order valence-electron chi connectivity index (χ1n) is 6.09. The van der Waals surface area contributed by atoms with Gasteiger partial charge in [0.15, 0.2) is 5.41 Å². The van der Waals surface area contributed by atoms with Crippen molar-refractivity contribution < 1.29 is 22.7 Å². The average Bonchev–Trinajstić information content (AvgIpc) is 2.96. The number of carbonyl (C=O) groups excluding carboxylic acids is 1. The molecule has 7 heteroatoms. The van der Waals surface area contributed by atoms with E-state index in [1.807, 2.05) is 0 Å². The molecule has 0 aromatic heterocycles. The number of carbonyl (C=O) groups is 1. The van der Waals surface area contributed by atoms with Gasteiger partial charge in [-0.1, -0.05) is 0 Å². The SMILES string of the molecule is O=C(NCC1CCOC1)C1(C(F)(F)F)CCNC1. The highest BCUT2D eigenvalue weighted by Crippen LogP contribution is 2.43. The number of alkyl halides is 3. The summed E-state index contributed by atoms with van der Waals surface area (Å²) < 4.78 is 44.2. The van der Waals surface area contributed by atoms with Gasteiger partial charge in [-0.3, -0.25) is 4.79 Å². The molecule has 2 aliphatic rings. The minimum Gasteiger partial charge on any atom is -0.381 e. The van der Waals surface area contributed by atoms with Crippen molar-refractivity contribution in [2.75, 3.05) is 32.8 Å². The van der Waals surface area contributed by atoms with E-state index in [2.05, 4.69) is 10.6 Å². The van der Waals surface area contributed by atoms with Gasteiger partial charge in [-0.25, -0.2) is 0 Å². The van der Waals surface area contributed by atoms with Crippen molar-refractivity contribution in [2.24, 2.45) is 11.3 Å². The van der Waals surface area contributed by atoms with E-state index in [9.17, 15) is 18.0 Å². The van der Waals surface area contributed by atoms with Gasteiger partial charge in [0.25, 0.3) is 0 Å². The van der Waals surface area contributed by atoms with Crippen LogP contribution in [0.15, 0.2) is 0 Å². The van der Waals surface area contributed by atoms with Crippen LogP contribution in [0.1, 0.15) is 12.8 Å². The highest BCUT2D eigenvalue weighted by atomic mass is 19.4. The highest BCUT2D eigenvalue weighted by molar-refractivity contribution is 5.84. The van der Waals surface area contributed by atoms with Crippen LogP contribution in [0.4, 0.5) is 13.2 Å². The molecule has 0 saturated carbocycles. The molecular weight excluding hydrogens is 249 g/mol. The molecule has 0 radical (unpaired) electrons. The Morgan fingerprint density at radius 3 is 2.78 bits per heavy atom. The van der Waals surface area contributed by atoms with E-state index in [-0.39, 0.29) is 32.0 Å². The predicted molar refractivity (Wildman–Crippen MR) is 57.9 cm³/mol. The summed E-state index contributed by atoms with van der Waals surface area (Å²) in [6.45, 7) is 1.28. The Bertz CT molecular complexity index is 308. The van der Waals surface area contributed by atoms with Gasteiger partial charge in [0, 0.05) is 25.6 Å². The van der Waals surface area contributed by atoms with Crippen molar-refractivity contribution in [3.63, 3.8) is 0 Å². The van der Waals surface area contributed by atoms with Crippen LogP contribution >= 0.6 is 0 Å². The topological polar surface area (TPSA) is 50.4 Å². The lowest BCUT2D eigenvalue weighted by Gasteiger charge is -2.29. The molecular formula is C11H17F3N2O2. The van der Waals surface area contributed by atoms with Gasteiger partial charge in [0.1, 0.15) is 0 Å². The van der Waals surface area contributed by atoms with Gasteiger partial charge in [0.05, 0.1) is 6.61 Å². The lowest BCUT2D eigenvalue weighted by molar-refractivity contribution is -0.216. The first-order valence-corrected chi connectivity index (χ1v) is 6.09. The van der Waals surface area contributed by atoms with Crippen LogP contribution in [0.3, 0.4) is 0 Å². The van der Waals surface area contributed by atoms with Crippen LogP contribution in [-0.2, 0) is 9.53 Å². The van der Waals surface area contributed by atoms with E-state index in [0.717, 1.165) is 6.42 Å². The van der Waals surface area contributed by atoms with Gasteiger partial charge >= 0.3 is 6.18 Å². The summed E-state index contributed by atoms with van der Waals surface area (Å²) in [6.07, 6.45) is -3.91. The maximum atomic E-state index is 13.0. The molecule has 2 rings (SSSR count). The number of hydrogen-bond donors (Lipinski definition) is 2. The Labute approximate surface area is 103 Å². The normalized spacial score (nSPS) is 32.7. The van der Waals surface area contributed by atoms with E-state index >= 15 is 0 Å². The van der Waals surface area contributed by atoms with E-state index in [4.69, 9.17) is 4.74 Å². The van der Waals surface area contributed by atoms with Crippen molar-refractivity contribution >= 4 is 5.91 Å². The molecule has 2 saturated heterocycles. The van der Waals surface area contributed by atoms with Crippen LogP contribution in [0.5, 0.6) is 0 Å². The molecule has 104 valence electrons. The molecule has 0 spiro atoms. The standard InChI is InChI=1S/C11H17F3N2O2/c12-11(13,14)10(2-3-15-7-10)9(17)16-5-8-1-4-18-6-8/h8,15H,1-7H2,(H,16,17). The third-order valence-electron chi connectivity index (χ3n) is 3.71. The Balaban J connectivity index is 1.96. The largest absolute Gasteiger partial charge is 0.404 e. The zero-order valence-corrected chi connectivity index (χ0v) is 9.98. The number of rotatable bonds is 3. The van der Waals surface area contributed by atoms with Crippen LogP contribution < -0.4 is 10.6 Å². The molecule has 2 heterocycles. The van der Waals surface area contributed by atoms with Crippen molar-refractivity contribution in [3.05, 3.63) is 0 Å². The zero-order chi connectivity index (χ0) is 13.2. The maximum Gasteiger partial charge on any atom is 0.404 e. The number of ether oxygens (including phenoxy) is 1. The van der Waals surface area contributed by atoms with Crippen molar-refractivity contribution in [1.29, 1.82) is 0 Å². The molecule has 1 amide bonds. The Kier molecular flexibility index (Phi) is 3.82. The van der Waals surface area contributed by atoms with Gasteiger partial charge in [-0.15, -0.1) is 0 Å². The summed E-state index contributed by atoms with van der Waals surface area (Å²) in [6, 6.07) is 0. The molecule has 2 fully saturated rings. The van der Waals surface area contributed by atoms with E-state index < -0.39 is 17.5 Å². The summed E-state index contributed by atoms with van der Waals surface area (Å²) in [7, 11) is 0. The van der Waals surface area contributed by atoms with Crippen molar-refractivity contribution in [2.45, 2.75) is 19.0 Å². The van der Waals surface area contributed by atoms with E-state index in [1.165, 1.54) is 0 Å². The Hall–Kier alpha value is -0.820. The fourth-order valence-electron chi connectivity index (χ4n) is 2.41. The second-order valence-electron chi connectivity index (χ2n) is 4.95. The minimum atomic E-state index is -4.51. The Morgan fingerprint density at radius 1 is 1.50 bits per heavy atom. The molecule has 0 aliphatic carbocycles. The molecule has 2 unspecified atom stereocenters. The zero-order valence-electron chi connectivity index (χ0n) is 9.98. The number of nitrogens with one attached hydrogen (secondary N) is 2. The lowest BCUT2D eigenvalue weighted by Crippen LogP contribution is -2.52. The molecule has 2 aliphatic heterocycles. The molecule has 0 aromatic carbocycles. The fraction of sp³-hybridized carbons (Fsp3) is 0.909. The van der Waals surface area contributed by atoms with Crippen molar-refractivity contribution in [1.82, 2.24) is 10.6 Å². The number of hydrogen-bond acceptors (Lipinski definition) is 3. The van der Waals surface area contributed by atoms with E-state index in [1.54, 1.807) is 0 Å². The van der Waals surface area contributed by atoms with Gasteiger partial charge in [0.2, 0.25) is 5.91 Å².